The van der Waals surface area contributed by atoms with Crippen molar-refractivity contribution in [3.63, 3.8) is 0 Å². The average Bonchev–Trinajstić information content (AvgIpc) is 2.28. The number of nitrogens with two attached hydrogens (primary N) is 1. The van der Waals surface area contributed by atoms with Gasteiger partial charge in [-0.05, 0) is 23.1 Å². The van der Waals surface area contributed by atoms with Crippen molar-refractivity contribution >= 4 is 23.8 Å². The number of aliphatic imine (C=N–C) groups is 1. The number of nitrogens with one attached hydrogen (secondary N) is 2. The molecule has 0 spiro atoms. The first-order chi connectivity index (χ1) is 8.34. The van der Waals surface area contributed by atoms with Gasteiger partial charge in [0, 0.05) is 5.69 Å². The van der Waals surface area contributed by atoms with Crippen LogP contribution in [-0.4, -0.2) is 18.1 Å². The van der Waals surface area contributed by atoms with Crippen LogP contribution in [0.1, 0.15) is 26.3 Å². The molecule has 0 aliphatic rings. The number of anilines is 1. The van der Waals surface area contributed by atoms with Crippen molar-refractivity contribution < 1.29 is 4.79 Å². The molecular weight excluding hydrogens is 228 g/mol. The molecule has 18 heavy (non-hydrogen) atoms. The Morgan fingerprint density at radius 2 is 1.89 bits per heavy atom. The zero-order valence-corrected chi connectivity index (χ0v) is 10.8. The van der Waals surface area contributed by atoms with Crippen LogP contribution in [0.2, 0.25) is 0 Å². The topological polar surface area (TPSA) is 91.3 Å². The van der Waals surface area contributed by atoms with Crippen LogP contribution in [0.3, 0.4) is 0 Å². The van der Waals surface area contributed by atoms with Gasteiger partial charge in [-0.25, -0.2) is 4.99 Å². The summed E-state index contributed by atoms with van der Waals surface area (Å²) in [6, 6.07) is 7.51. The first kappa shape index (κ1) is 13.9. The Hall–Kier alpha value is -2.17. The van der Waals surface area contributed by atoms with Crippen molar-refractivity contribution in [2.24, 2.45) is 10.7 Å². The van der Waals surface area contributed by atoms with E-state index in [4.69, 9.17) is 11.1 Å². The zero-order valence-electron chi connectivity index (χ0n) is 10.8. The third kappa shape index (κ3) is 3.69. The van der Waals surface area contributed by atoms with Crippen LogP contribution in [0.5, 0.6) is 0 Å². The number of amidine groups is 1. The molecule has 1 aromatic carbocycles. The van der Waals surface area contributed by atoms with Gasteiger partial charge >= 0.3 is 0 Å². The molecule has 0 radical (unpaired) electrons. The van der Waals surface area contributed by atoms with Gasteiger partial charge in [0.15, 0.2) is 0 Å². The lowest BCUT2D eigenvalue weighted by Crippen LogP contribution is -2.21. The van der Waals surface area contributed by atoms with Gasteiger partial charge in [-0.1, -0.05) is 32.9 Å². The Morgan fingerprint density at radius 1 is 1.33 bits per heavy atom. The Balaban J connectivity index is 2.76. The third-order valence-corrected chi connectivity index (χ3v) is 2.43. The van der Waals surface area contributed by atoms with Crippen molar-refractivity contribution in [1.82, 2.24) is 0 Å². The summed E-state index contributed by atoms with van der Waals surface area (Å²) in [5, 5.41) is 9.87. The van der Waals surface area contributed by atoms with Gasteiger partial charge < -0.3 is 11.1 Å². The maximum atomic E-state index is 11.5. The molecular formula is C13H18N4O. The molecule has 0 bridgehead atoms. The smallest absolute Gasteiger partial charge is 0.292 e. The third-order valence-electron chi connectivity index (χ3n) is 2.43. The first-order valence-electron chi connectivity index (χ1n) is 5.59. The van der Waals surface area contributed by atoms with Gasteiger partial charge in [-0.15, -0.1) is 0 Å². The van der Waals surface area contributed by atoms with E-state index in [0.29, 0.717) is 5.69 Å². The van der Waals surface area contributed by atoms with E-state index in [9.17, 15) is 4.79 Å². The quantitative estimate of drug-likeness (QED) is 0.521. The van der Waals surface area contributed by atoms with E-state index < -0.39 is 11.7 Å². The molecule has 0 aromatic heterocycles. The lowest BCUT2D eigenvalue weighted by Gasteiger charge is -2.19. The fourth-order valence-corrected chi connectivity index (χ4v) is 1.38. The van der Waals surface area contributed by atoms with Gasteiger partial charge in [0.25, 0.3) is 5.91 Å². The molecule has 1 aromatic rings. The predicted molar refractivity (Wildman–Crippen MR) is 74.2 cm³/mol. The largest absolute Gasteiger partial charge is 0.390 e. The SMILES string of the molecule is CC(C)(C)c1ccc(NC(=O)C(=N)/N=C\N)cc1. The number of hydrogen-bond acceptors (Lipinski definition) is 2. The highest BCUT2D eigenvalue weighted by Gasteiger charge is 2.13. The van der Waals surface area contributed by atoms with Crippen molar-refractivity contribution in [3.8, 4) is 0 Å². The van der Waals surface area contributed by atoms with E-state index in [1.54, 1.807) is 12.1 Å². The maximum Gasteiger partial charge on any atom is 0.292 e. The van der Waals surface area contributed by atoms with Crippen molar-refractivity contribution in [2.45, 2.75) is 26.2 Å². The Bertz CT molecular complexity index is 469. The molecule has 0 saturated carbocycles. The van der Waals surface area contributed by atoms with Gasteiger partial charge in [-0.2, -0.15) is 0 Å². The average molecular weight is 246 g/mol. The number of rotatable bonds is 1. The van der Waals surface area contributed by atoms with Crippen LogP contribution in [0, 0.1) is 5.41 Å². The van der Waals surface area contributed by atoms with Crippen LogP contribution in [0.25, 0.3) is 0 Å². The number of hydrogen-bond donors (Lipinski definition) is 3. The van der Waals surface area contributed by atoms with E-state index in [1.165, 1.54) is 5.56 Å². The van der Waals surface area contributed by atoms with Crippen LogP contribution < -0.4 is 11.1 Å². The van der Waals surface area contributed by atoms with E-state index in [1.807, 2.05) is 12.1 Å². The predicted octanol–water partition coefficient (Wildman–Crippen LogP) is 1.89. The number of benzene rings is 1. The molecule has 1 amide bonds. The normalized spacial score (nSPS) is 11.5. The molecule has 0 fully saturated rings. The van der Waals surface area contributed by atoms with Crippen molar-refractivity contribution in [1.29, 1.82) is 5.41 Å². The second-order valence-corrected chi connectivity index (χ2v) is 4.91. The number of nitrogens with zero attached hydrogens (tertiary/aromatic N) is 1. The lowest BCUT2D eigenvalue weighted by atomic mass is 9.87. The zero-order chi connectivity index (χ0) is 13.8. The summed E-state index contributed by atoms with van der Waals surface area (Å²) in [6.45, 7) is 6.35. The summed E-state index contributed by atoms with van der Waals surface area (Å²) in [4.78, 5) is 14.9. The van der Waals surface area contributed by atoms with Crippen LogP contribution in [-0.2, 0) is 10.2 Å². The fraction of sp³-hybridized carbons (Fsp3) is 0.308. The van der Waals surface area contributed by atoms with Gasteiger partial charge in [0.05, 0.1) is 6.34 Å². The molecule has 0 heterocycles. The highest BCUT2D eigenvalue weighted by molar-refractivity contribution is 6.42. The molecule has 1 rings (SSSR count). The highest BCUT2D eigenvalue weighted by atomic mass is 16.2. The molecule has 0 unspecified atom stereocenters. The Kier molecular flexibility index (Phi) is 4.20. The van der Waals surface area contributed by atoms with Crippen molar-refractivity contribution in [3.05, 3.63) is 29.8 Å². The van der Waals surface area contributed by atoms with Gasteiger partial charge in [-0.3, -0.25) is 10.2 Å². The summed E-state index contributed by atoms with van der Waals surface area (Å²) >= 11 is 0. The summed E-state index contributed by atoms with van der Waals surface area (Å²) < 4.78 is 0. The summed E-state index contributed by atoms with van der Waals surface area (Å²) in [6.07, 6.45) is 0.921. The summed E-state index contributed by atoms with van der Waals surface area (Å²) in [7, 11) is 0. The monoisotopic (exact) mass is 246 g/mol. The first-order valence-corrected chi connectivity index (χ1v) is 5.59. The standard InChI is InChI=1S/C13H18N4O/c1-13(2,3)9-4-6-10(7-5-9)17-12(18)11(15)16-8-14/h4-8H,1-3H3,(H,17,18)(H3,14,15,16). The van der Waals surface area contributed by atoms with E-state index in [-0.39, 0.29) is 5.41 Å². The van der Waals surface area contributed by atoms with E-state index >= 15 is 0 Å². The van der Waals surface area contributed by atoms with Crippen LogP contribution >= 0.6 is 0 Å². The molecule has 0 aliphatic heterocycles. The van der Waals surface area contributed by atoms with Crippen LogP contribution in [0.15, 0.2) is 29.3 Å². The van der Waals surface area contributed by atoms with Gasteiger partial charge in [0.1, 0.15) is 0 Å². The number of carbonyl (C=O) groups excluding carboxylic acids is 1. The minimum Gasteiger partial charge on any atom is -0.390 e. The Morgan fingerprint density at radius 3 is 2.33 bits per heavy atom. The Labute approximate surface area is 107 Å². The van der Waals surface area contributed by atoms with Crippen LogP contribution in [0.4, 0.5) is 5.69 Å². The summed E-state index contributed by atoms with van der Waals surface area (Å²) in [5.74, 6) is -1.00. The maximum absolute atomic E-state index is 11.5. The van der Waals surface area contributed by atoms with E-state index in [0.717, 1.165) is 6.34 Å². The molecule has 96 valence electrons. The van der Waals surface area contributed by atoms with Gasteiger partial charge in [0.2, 0.25) is 5.84 Å². The number of carbonyl (C=O) groups is 1. The second-order valence-electron chi connectivity index (χ2n) is 4.91. The molecule has 5 nitrogen and oxygen atoms in total. The second kappa shape index (κ2) is 5.44. The molecule has 0 atom stereocenters. The van der Waals surface area contributed by atoms with Crippen molar-refractivity contribution in [2.75, 3.05) is 5.32 Å². The fourth-order valence-electron chi connectivity index (χ4n) is 1.38. The molecule has 0 saturated heterocycles. The minimum absolute atomic E-state index is 0.0685. The molecule has 0 aliphatic carbocycles. The molecule has 4 N–H and O–H groups in total. The molecule has 5 heteroatoms. The minimum atomic E-state index is -0.583. The van der Waals surface area contributed by atoms with E-state index in [2.05, 4.69) is 31.1 Å². The highest BCUT2D eigenvalue weighted by Crippen LogP contribution is 2.23. The summed E-state index contributed by atoms with van der Waals surface area (Å²) in [5.41, 5.74) is 6.89. The lowest BCUT2D eigenvalue weighted by molar-refractivity contribution is -0.110. The number of amides is 1.